The van der Waals surface area contributed by atoms with E-state index in [9.17, 15) is 20.0 Å². The van der Waals surface area contributed by atoms with Gasteiger partial charge in [0.15, 0.2) is 0 Å². The molecular weight excluding hydrogens is 356 g/mol. The fourth-order valence-corrected chi connectivity index (χ4v) is 3.53. The van der Waals surface area contributed by atoms with Crippen LogP contribution in [0, 0.1) is 17.2 Å². The molecule has 28 heavy (non-hydrogen) atoms. The zero-order valence-corrected chi connectivity index (χ0v) is 15.6. The third kappa shape index (κ3) is 4.32. The number of amides is 1. The largest absolute Gasteiger partial charge is 0.478 e. The van der Waals surface area contributed by atoms with Crippen molar-refractivity contribution in [2.24, 2.45) is 5.92 Å². The Labute approximate surface area is 163 Å². The predicted octanol–water partition coefficient (Wildman–Crippen LogP) is 4.25. The summed E-state index contributed by atoms with van der Waals surface area (Å²) in [5, 5.41) is 21.7. The van der Waals surface area contributed by atoms with Gasteiger partial charge >= 0.3 is 5.97 Å². The Morgan fingerprint density at radius 1 is 1.21 bits per heavy atom. The van der Waals surface area contributed by atoms with E-state index >= 15 is 0 Å². The summed E-state index contributed by atoms with van der Waals surface area (Å²) in [6, 6.07) is 11.8. The van der Waals surface area contributed by atoms with E-state index in [1.54, 1.807) is 30.3 Å². The molecule has 2 aromatic rings. The molecule has 1 saturated carbocycles. The predicted molar refractivity (Wildman–Crippen MR) is 104 cm³/mol. The van der Waals surface area contributed by atoms with E-state index < -0.39 is 11.9 Å². The second-order valence-electron chi connectivity index (χ2n) is 7.06. The first-order valence-electron chi connectivity index (χ1n) is 9.34. The minimum atomic E-state index is -1.05. The summed E-state index contributed by atoms with van der Waals surface area (Å²) in [5.41, 5.74) is 0.524. The van der Waals surface area contributed by atoms with Gasteiger partial charge in [-0.25, -0.2) is 4.79 Å². The molecule has 0 saturated heterocycles. The molecule has 1 aromatic heterocycles. The Kier molecular flexibility index (Phi) is 5.95. The number of carbonyl (C=O) groups is 2. The number of nitrogens with zero attached hydrogens (tertiary/aromatic N) is 1. The number of aromatic carboxylic acids is 1. The number of carbonyl (C=O) groups excluding carboxylic acids is 1. The van der Waals surface area contributed by atoms with Gasteiger partial charge in [-0.2, -0.15) is 5.26 Å². The number of nitriles is 1. The van der Waals surface area contributed by atoms with Gasteiger partial charge in [0.2, 0.25) is 0 Å². The highest BCUT2D eigenvalue weighted by molar-refractivity contribution is 6.01. The topological polar surface area (TPSA) is 103 Å². The lowest BCUT2D eigenvalue weighted by Crippen LogP contribution is -2.41. The highest BCUT2D eigenvalue weighted by Gasteiger charge is 2.24. The molecule has 0 radical (unpaired) electrons. The van der Waals surface area contributed by atoms with Crippen LogP contribution >= 0.6 is 0 Å². The van der Waals surface area contributed by atoms with Crippen molar-refractivity contribution >= 4 is 18.0 Å². The molecule has 1 fully saturated rings. The minimum Gasteiger partial charge on any atom is -0.478 e. The molecule has 2 atom stereocenters. The first-order chi connectivity index (χ1) is 13.5. The van der Waals surface area contributed by atoms with Gasteiger partial charge in [-0.15, -0.1) is 0 Å². The van der Waals surface area contributed by atoms with Crippen LogP contribution in [0.2, 0.25) is 0 Å². The molecule has 0 unspecified atom stereocenters. The first-order valence-corrected chi connectivity index (χ1v) is 9.34. The lowest BCUT2D eigenvalue weighted by molar-refractivity contribution is -0.118. The molecule has 0 bridgehead atoms. The van der Waals surface area contributed by atoms with E-state index in [0.717, 1.165) is 19.3 Å². The standard InChI is InChI=1S/C22H22N2O4/c1-14-6-2-5-9-19(14)24-21(25)15(13-23)12-16-10-11-20(28-16)17-7-3-4-8-18(17)22(26)27/h3-4,7-8,10-12,14,19H,2,5-6,9H2,1H3,(H,24,25)(H,26,27)/b15-12+/t14-,19+/m0/s1. The molecule has 1 amide bonds. The van der Waals surface area contributed by atoms with Crippen LogP contribution in [0.25, 0.3) is 17.4 Å². The SMILES string of the molecule is C[C@H]1CCCC[C@H]1NC(=O)/C(C#N)=C/c1ccc(-c2ccccc2C(=O)O)o1. The Morgan fingerprint density at radius 2 is 1.96 bits per heavy atom. The van der Waals surface area contributed by atoms with Crippen molar-refractivity contribution < 1.29 is 19.1 Å². The lowest BCUT2D eigenvalue weighted by Gasteiger charge is -2.29. The van der Waals surface area contributed by atoms with Crippen LogP contribution < -0.4 is 5.32 Å². The van der Waals surface area contributed by atoms with E-state index in [1.807, 2.05) is 6.07 Å². The van der Waals surface area contributed by atoms with Crippen molar-refractivity contribution in [2.45, 2.75) is 38.6 Å². The number of benzene rings is 1. The quantitative estimate of drug-likeness (QED) is 0.598. The normalized spacial score (nSPS) is 19.6. The Bertz CT molecular complexity index is 951. The summed E-state index contributed by atoms with van der Waals surface area (Å²) >= 11 is 0. The number of carboxylic acids is 1. The Morgan fingerprint density at radius 3 is 2.68 bits per heavy atom. The van der Waals surface area contributed by atoms with Crippen LogP contribution in [-0.4, -0.2) is 23.0 Å². The molecule has 3 rings (SSSR count). The van der Waals surface area contributed by atoms with Crippen LogP contribution in [-0.2, 0) is 4.79 Å². The average Bonchev–Trinajstić information content (AvgIpc) is 3.16. The van der Waals surface area contributed by atoms with Crippen molar-refractivity contribution in [3.8, 4) is 17.4 Å². The van der Waals surface area contributed by atoms with Crippen molar-refractivity contribution in [2.75, 3.05) is 0 Å². The van der Waals surface area contributed by atoms with Crippen molar-refractivity contribution in [1.82, 2.24) is 5.32 Å². The third-order valence-corrected chi connectivity index (χ3v) is 5.13. The van der Waals surface area contributed by atoms with Crippen molar-refractivity contribution in [3.05, 3.63) is 53.3 Å². The van der Waals surface area contributed by atoms with Gasteiger partial charge in [0, 0.05) is 17.7 Å². The molecule has 144 valence electrons. The average molecular weight is 378 g/mol. The maximum atomic E-state index is 12.5. The van der Waals surface area contributed by atoms with Gasteiger partial charge in [0.25, 0.3) is 5.91 Å². The summed E-state index contributed by atoms with van der Waals surface area (Å²) in [5.74, 6) is -0.394. The molecule has 1 aliphatic rings. The van der Waals surface area contributed by atoms with Gasteiger partial charge in [-0.1, -0.05) is 38.0 Å². The summed E-state index contributed by atoms with van der Waals surface area (Å²) < 4.78 is 5.68. The van der Waals surface area contributed by atoms with E-state index in [1.165, 1.54) is 18.6 Å². The number of nitrogens with one attached hydrogen (secondary N) is 1. The fourth-order valence-electron chi connectivity index (χ4n) is 3.53. The number of carboxylic acid groups (broad SMARTS) is 1. The minimum absolute atomic E-state index is 0.0369. The molecule has 1 aliphatic carbocycles. The monoisotopic (exact) mass is 378 g/mol. The molecule has 2 N–H and O–H groups in total. The van der Waals surface area contributed by atoms with Crippen LogP contribution in [0.4, 0.5) is 0 Å². The van der Waals surface area contributed by atoms with Crippen LogP contribution in [0.15, 0.2) is 46.4 Å². The zero-order valence-electron chi connectivity index (χ0n) is 15.6. The van der Waals surface area contributed by atoms with E-state index in [-0.39, 0.29) is 17.2 Å². The van der Waals surface area contributed by atoms with Crippen LogP contribution in [0.5, 0.6) is 0 Å². The summed E-state index contributed by atoms with van der Waals surface area (Å²) in [7, 11) is 0. The summed E-state index contributed by atoms with van der Waals surface area (Å²) in [6.45, 7) is 2.11. The maximum absolute atomic E-state index is 12.5. The number of furan rings is 1. The fraction of sp³-hybridized carbons (Fsp3) is 0.318. The van der Waals surface area contributed by atoms with Crippen molar-refractivity contribution in [1.29, 1.82) is 5.26 Å². The van der Waals surface area contributed by atoms with E-state index in [0.29, 0.717) is 23.0 Å². The van der Waals surface area contributed by atoms with Crippen molar-refractivity contribution in [3.63, 3.8) is 0 Å². The highest BCUT2D eigenvalue weighted by Crippen LogP contribution is 2.27. The van der Waals surface area contributed by atoms with Gasteiger partial charge in [0.05, 0.1) is 5.56 Å². The van der Waals surface area contributed by atoms with Gasteiger partial charge in [-0.05, 0) is 37.0 Å². The van der Waals surface area contributed by atoms with E-state index in [4.69, 9.17) is 4.42 Å². The molecule has 1 aromatic carbocycles. The molecular formula is C22H22N2O4. The Hall–Kier alpha value is -3.33. The number of hydrogen-bond donors (Lipinski definition) is 2. The summed E-state index contributed by atoms with van der Waals surface area (Å²) in [4.78, 5) is 23.9. The molecule has 6 heteroatoms. The van der Waals surface area contributed by atoms with Gasteiger partial charge in [-0.3, -0.25) is 4.79 Å². The lowest BCUT2D eigenvalue weighted by atomic mass is 9.86. The summed E-state index contributed by atoms with van der Waals surface area (Å²) in [6.07, 6.45) is 5.62. The van der Waals surface area contributed by atoms with Crippen LogP contribution in [0.3, 0.4) is 0 Å². The first kappa shape index (κ1) is 19.4. The number of hydrogen-bond acceptors (Lipinski definition) is 4. The maximum Gasteiger partial charge on any atom is 0.336 e. The third-order valence-electron chi connectivity index (χ3n) is 5.13. The second kappa shape index (κ2) is 8.57. The second-order valence-corrected chi connectivity index (χ2v) is 7.06. The highest BCUT2D eigenvalue weighted by atomic mass is 16.4. The zero-order chi connectivity index (χ0) is 20.1. The Balaban J connectivity index is 1.80. The van der Waals surface area contributed by atoms with Gasteiger partial charge in [0.1, 0.15) is 23.2 Å². The molecule has 0 aliphatic heterocycles. The molecule has 1 heterocycles. The molecule has 6 nitrogen and oxygen atoms in total. The number of rotatable bonds is 5. The van der Waals surface area contributed by atoms with E-state index in [2.05, 4.69) is 12.2 Å². The smallest absolute Gasteiger partial charge is 0.336 e. The van der Waals surface area contributed by atoms with Crippen LogP contribution in [0.1, 0.15) is 48.7 Å². The molecule has 0 spiro atoms. The van der Waals surface area contributed by atoms with Gasteiger partial charge < -0.3 is 14.8 Å².